The second kappa shape index (κ2) is 7.66. The molecule has 0 aliphatic carbocycles. The smallest absolute Gasteiger partial charge is 0.259 e. The number of halogens is 1. The van der Waals surface area contributed by atoms with Gasteiger partial charge in [-0.2, -0.15) is 5.26 Å². The summed E-state index contributed by atoms with van der Waals surface area (Å²) in [5.74, 6) is 1.02. The highest BCUT2D eigenvalue weighted by molar-refractivity contribution is 6.30. The van der Waals surface area contributed by atoms with Crippen LogP contribution in [-0.2, 0) is 6.54 Å². The molecule has 0 radical (unpaired) electrons. The van der Waals surface area contributed by atoms with Crippen LogP contribution in [0.25, 0.3) is 0 Å². The molecule has 2 aromatic carbocycles. The van der Waals surface area contributed by atoms with E-state index in [-0.39, 0.29) is 23.8 Å². The van der Waals surface area contributed by atoms with Crippen LogP contribution in [0.3, 0.4) is 0 Å². The maximum absolute atomic E-state index is 13.7. The second-order valence-electron chi connectivity index (χ2n) is 7.62. The van der Waals surface area contributed by atoms with Crippen LogP contribution in [0.2, 0.25) is 5.02 Å². The molecule has 160 valence electrons. The summed E-state index contributed by atoms with van der Waals surface area (Å²) in [6.45, 7) is 2.33. The Morgan fingerprint density at radius 2 is 1.88 bits per heavy atom. The van der Waals surface area contributed by atoms with Crippen molar-refractivity contribution in [1.82, 2.24) is 4.57 Å². The zero-order chi connectivity index (χ0) is 22.4. The third-order valence-corrected chi connectivity index (χ3v) is 5.92. The first kappa shape index (κ1) is 20.0. The molecule has 0 bridgehead atoms. The van der Waals surface area contributed by atoms with Gasteiger partial charge in [-0.15, -0.1) is 0 Å². The maximum atomic E-state index is 13.7. The summed E-state index contributed by atoms with van der Waals surface area (Å²) in [5.41, 5.74) is 8.67. The molecule has 2 N–H and O–H groups in total. The zero-order valence-corrected chi connectivity index (χ0v) is 17.8. The average molecular weight is 448 g/mol. The molecule has 0 saturated carbocycles. The van der Waals surface area contributed by atoms with Crippen molar-refractivity contribution in [1.29, 1.82) is 5.26 Å². The Bertz CT molecular complexity index is 1370. The van der Waals surface area contributed by atoms with Gasteiger partial charge < -0.3 is 24.5 Å². The van der Waals surface area contributed by atoms with Crippen LogP contribution in [0.1, 0.15) is 28.3 Å². The van der Waals surface area contributed by atoms with E-state index in [9.17, 15) is 10.1 Å². The van der Waals surface area contributed by atoms with Crippen molar-refractivity contribution in [3.63, 3.8) is 0 Å². The van der Waals surface area contributed by atoms with Crippen molar-refractivity contribution >= 4 is 11.6 Å². The Hall–Kier alpha value is -3.89. The summed E-state index contributed by atoms with van der Waals surface area (Å²) in [6, 6.07) is 16.5. The molecule has 1 aromatic heterocycles. The third-order valence-electron chi connectivity index (χ3n) is 5.67. The normalized spacial score (nSPS) is 16.3. The fourth-order valence-electron chi connectivity index (χ4n) is 4.09. The molecule has 7 nitrogen and oxygen atoms in total. The Kier molecular flexibility index (Phi) is 4.80. The number of nitrogens with zero attached hydrogens (tertiary/aromatic N) is 2. The molecule has 2 aliphatic heterocycles. The molecule has 0 saturated heterocycles. The van der Waals surface area contributed by atoms with E-state index in [0.29, 0.717) is 40.1 Å². The molecular weight excluding hydrogens is 430 g/mol. The lowest BCUT2D eigenvalue weighted by molar-refractivity contribution is 0.174. The van der Waals surface area contributed by atoms with E-state index in [2.05, 4.69) is 6.07 Å². The Morgan fingerprint density at radius 3 is 2.62 bits per heavy atom. The standard InChI is InChI=1S/C24H18ClN3O4/c1-13-8-20-22(21(17(10-26)23(27)32-20)15-3-5-16(25)6-4-15)24(29)28(13)11-14-2-7-18-19(9-14)31-12-30-18/h2-9,21H,11-12,27H2,1H3. The van der Waals surface area contributed by atoms with E-state index >= 15 is 0 Å². The summed E-state index contributed by atoms with van der Waals surface area (Å²) in [6.07, 6.45) is 0. The number of ether oxygens (including phenoxy) is 3. The van der Waals surface area contributed by atoms with Gasteiger partial charge in [-0.3, -0.25) is 4.79 Å². The summed E-state index contributed by atoms with van der Waals surface area (Å²) in [7, 11) is 0. The maximum Gasteiger partial charge on any atom is 0.259 e. The number of nitrogens with two attached hydrogens (primary N) is 1. The minimum atomic E-state index is -0.655. The van der Waals surface area contributed by atoms with E-state index in [1.54, 1.807) is 34.9 Å². The van der Waals surface area contributed by atoms with E-state index in [0.717, 1.165) is 11.1 Å². The molecule has 3 heterocycles. The molecule has 32 heavy (non-hydrogen) atoms. The average Bonchev–Trinajstić information content (AvgIpc) is 3.24. The van der Waals surface area contributed by atoms with E-state index in [4.69, 9.17) is 31.5 Å². The number of hydrogen-bond donors (Lipinski definition) is 1. The Morgan fingerprint density at radius 1 is 1.12 bits per heavy atom. The van der Waals surface area contributed by atoms with Crippen molar-refractivity contribution in [2.24, 2.45) is 5.73 Å². The highest BCUT2D eigenvalue weighted by atomic mass is 35.5. The molecule has 3 aromatic rings. The number of pyridine rings is 1. The van der Waals surface area contributed by atoms with Gasteiger partial charge in [0.1, 0.15) is 17.4 Å². The van der Waals surface area contributed by atoms with Crippen molar-refractivity contribution in [3.05, 3.63) is 97.7 Å². The van der Waals surface area contributed by atoms with Gasteiger partial charge >= 0.3 is 0 Å². The van der Waals surface area contributed by atoms with Gasteiger partial charge in [0.15, 0.2) is 11.5 Å². The molecule has 5 rings (SSSR count). The SMILES string of the molecule is Cc1cc2c(c(=O)n1Cc1ccc3c(c1)OCO3)C(c1ccc(Cl)cc1)C(C#N)=C(N)O2. The summed E-state index contributed by atoms with van der Waals surface area (Å²) >= 11 is 6.05. The quantitative estimate of drug-likeness (QED) is 0.655. The van der Waals surface area contributed by atoms with Gasteiger partial charge in [0.05, 0.1) is 18.0 Å². The van der Waals surface area contributed by atoms with Crippen LogP contribution in [0.5, 0.6) is 17.2 Å². The van der Waals surface area contributed by atoms with Crippen molar-refractivity contribution in [2.75, 3.05) is 6.79 Å². The fraction of sp³-hybridized carbons (Fsp3) is 0.167. The molecule has 0 amide bonds. The summed E-state index contributed by atoms with van der Waals surface area (Å²) in [4.78, 5) is 13.7. The molecule has 8 heteroatoms. The molecular formula is C24H18ClN3O4. The number of fused-ring (bicyclic) bond motifs is 2. The lowest BCUT2D eigenvalue weighted by atomic mass is 9.84. The largest absolute Gasteiger partial charge is 0.454 e. The van der Waals surface area contributed by atoms with Gasteiger partial charge in [-0.05, 0) is 42.3 Å². The number of aryl methyl sites for hydroxylation is 1. The summed E-state index contributed by atoms with van der Waals surface area (Å²) < 4.78 is 18.2. The van der Waals surface area contributed by atoms with E-state index < -0.39 is 5.92 Å². The number of nitriles is 1. The van der Waals surface area contributed by atoms with Crippen LogP contribution in [0, 0.1) is 18.3 Å². The van der Waals surface area contributed by atoms with E-state index in [1.165, 1.54) is 0 Å². The van der Waals surface area contributed by atoms with Gasteiger partial charge in [0.25, 0.3) is 5.56 Å². The van der Waals surface area contributed by atoms with Gasteiger partial charge in [-0.1, -0.05) is 29.8 Å². The fourth-order valence-corrected chi connectivity index (χ4v) is 4.22. The number of hydrogen-bond acceptors (Lipinski definition) is 6. The van der Waals surface area contributed by atoms with Crippen LogP contribution < -0.4 is 25.5 Å². The lowest BCUT2D eigenvalue weighted by Gasteiger charge is -2.27. The predicted octanol–water partition coefficient (Wildman–Crippen LogP) is 3.81. The Balaban J connectivity index is 1.65. The number of allylic oxidation sites excluding steroid dienone is 1. The first-order chi connectivity index (χ1) is 15.5. The minimum absolute atomic E-state index is 0.00716. The molecule has 2 aliphatic rings. The highest BCUT2D eigenvalue weighted by Crippen LogP contribution is 2.41. The van der Waals surface area contributed by atoms with Gasteiger partial charge in [0, 0.05) is 16.8 Å². The minimum Gasteiger partial charge on any atom is -0.454 e. The van der Waals surface area contributed by atoms with Crippen LogP contribution in [0.15, 0.2) is 64.8 Å². The van der Waals surface area contributed by atoms with Crippen molar-refractivity contribution in [2.45, 2.75) is 19.4 Å². The van der Waals surface area contributed by atoms with E-state index in [1.807, 2.05) is 25.1 Å². The van der Waals surface area contributed by atoms with Crippen LogP contribution >= 0.6 is 11.6 Å². The van der Waals surface area contributed by atoms with Gasteiger partial charge in [0.2, 0.25) is 12.7 Å². The van der Waals surface area contributed by atoms with Crippen LogP contribution in [0.4, 0.5) is 0 Å². The lowest BCUT2D eigenvalue weighted by Crippen LogP contribution is -2.33. The third kappa shape index (κ3) is 3.26. The first-order valence-electron chi connectivity index (χ1n) is 9.92. The summed E-state index contributed by atoms with van der Waals surface area (Å²) in [5, 5.41) is 10.3. The monoisotopic (exact) mass is 447 g/mol. The number of benzene rings is 2. The topological polar surface area (TPSA) is 99.5 Å². The molecule has 0 spiro atoms. The van der Waals surface area contributed by atoms with Crippen LogP contribution in [-0.4, -0.2) is 11.4 Å². The molecule has 1 unspecified atom stereocenters. The Labute approximate surface area is 188 Å². The highest BCUT2D eigenvalue weighted by Gasteiger charge is 2.34. The molecule has 1 atom stereocenters. The van der Waals surface area contributed by atoms with Gasteiger partial charge in [-0.25, -0.2) is 0 Å². The second-order valence-corrected chi connectivity index (χ2v) is 8.06. The molecule has 0 fully saturated rings. The van der Waals surface area contributed by atoms with Crippen molar-refractivity contribution in [3.8, 4) is 23.3 Å². The first-order valence-corrected chi connectivity index (χ1v) is 10.3. The number of aromatic nitrogens is 1. The predicted molar refractivity (Wildman–Crippen MR) is 118 cm³/mol. The van der Waals surface area contributed by atoms with Crippen molar-refractivity contribution < 1.29 is 14.2 Å². The number of rotatable bonds is 3. The zero-order valence-electron chi connectivity index (χ0n) is 17.1.